The van der Waals surface area contributed by atoms with Crippen LogP contribution in [0.25, 0.3) is 22.1 Å². The van der Waals surface area contributed by atoms with Crippen LogP contribution in [0.5, 0.6) is 0 Å². The first-order valence-electron chi connectivity index (χ1n) is 8.94. The van der Waals surface area contributed by atoms with E-state index in [1.165, 1.54) is 10.6 Å². The number of hydrogen-bond acceptors (Lipinski definition) is 3. The van der Waals surface area contributed by atoms with Gasteiger partial charge < -0.3 is 14.5 Å². The van der Waals surface area contributed by atoms with Gasteiger partial charge in [0, 0.05) is 31.6 Å². The zero-order valence-corrected chi connectivity index (χ0v) is 15.3. The molecule has 1 aromatic carbocycles. The molecule has 0 unspecified atom stereocenters. The van der Waals surface area contributed by atoms with E-state index in [1.54, 1.807) is 18.3 Å². The normalized spacial score (nSPS) is 11.6. The van der Waals surface area contributed by atoms with Gasteiger partial charge in [0.1, 0.15) is 11.5 Å². The molecule has 0 saturated carbocycles. The van der Waals surface area contributed by atoms with E-state index in [9.17, 15) is 13.6 Å². The topological polar surface area (TPSA) is 64.7 Å². The highest BCUT2D eigenvalue weighted by atomic mass is 19.3. The van der Waals surface area contributed by atoms with E-state index < -0.39 is 6.43 Å². The standard InChI is InChI=1S/C20H19F2N5O/c1-26-15-7-3-2-6-14(15)25-17(26)12-24-18(28)8-10-27-16(19(21)22)11-13-5-4-9-23-20(13)27/h2-7,9,11,19H,8,10,12H2,1H3,(H,24,28). The lowest BCUT2D eigenvalue weighted by atomic mass is 10.3. The number of alkyl halides is 2. The number of carbonyl (C=O) groups is 1. The summed E-state index contributed by atoms with van der Waals surface area (Å²) in [6, 6.07) is 12.6. The van der Waals surface area contributed by atoms with Crippen LogP contribution in [0.3, 0.4) is 0 Å². The van der Waals surface area contributed by atoms with Crippen LogP contribution < -0.4 is 5.32 Å². The maximum absolute atomic E-state index is 13.3. The summed E-state index contributed by atoms with van der Waals surface area (Å²) in [5, 5.41) is 3.45. The Kier molecular flexibility index (Phi) is 4.77. The van der Waals surface area contributed by atoms with Gasteiger partial charge in [-0.15, -0.1) is 0 Å². The second kappa shape index (κ2) is 7.38. The molecule has 0 aliphatic carbocycles. The second-order valence-corrected chi connectivity index (χ2v) is 6.54. The van der Waals surface area contributed by atoms with Crippen molar-refractivity contribution >= 4 is 28.0 Å². The minimum atomic E-state index is -2.63. The Hall–Kier alpha value is -3.29. The number of hydrogen-bond donors (Lipinski definition) is 1. The summed E-state index contributed by atoms with van der Waals surface area (Å²) in [4.78, 5) is 21.0. The predicted molar refractivity (Wildman–Crippen MR) is 102 cm³/mol. The first-order valence-corrected chi connectivity index (χ1v) is 8.94. The molecule has 0 aliphatic heterocycles. The molecule has 1 amide bonds. The molecule has 4 rings (SSSR count). The van der Waals surface area contributed by atoms with Crippen molar-refractivity contribution in [2.45, 2.75) is 25.9 Å². The lowest BCUT2D eigenvalue weighted by Gasteiger charge is -2.10. The van der Waals surface area contributed by atoms with Crippen LogP contribution in [0.4, 0.5) is 8.78 Å². The summed E-state index contributed by atoms with van der Waals surface area (Å²) in [7, 11) is 1.89. The molecule has 3 heterocycles. The molecule has 8 heteroatoms. The highest BCUT2D eigenvalue weighted by molar-refractivity contribution is 5.79. The van der Waals surface area contributed by atoms with Crippen molar-refractivity contribution < 1.29 is 13.6 Å². The zero-order valence-electron chi connectivity index (χ0n) is 15.3. The number of benzene rings is 1. The van der Waals surface area contributed by atoms with Gasteiger partial charge in [-0.3, -0.25) is 4.79 Å². The molecule has 28 heavy (non-hydrogen) atoms. The van der Waals surface area contributed by atoms with Gasteiger partial charge in [0.2, 0.25) is 5.91 Å². The molecule has 0 bridgehead atoms. The Bertz CT molecular complexity index is 1150. The number of aryl methyl sites for hydroxylation is 2. The largest absolute Gasteiger partial charge is 0.349 e. The zero-order chi connectivity index (χ0) is 19.7. The van der Waals surface area contributed by atoms with Gasteiger partial charge in [-0.1, -0.05) is 12.1 Å². The molecule has 3 aromatic heterocycles. The summed E-state index contributed by atoms with van der Waals surface area (Å²) >= 11 is 0. The second-order valence-electron chi connectivity index (χ2n) is 6.54. The molecular formula is C20H19F2N5O. The molecule has 1 N–H and O–H groups in total. The number of imidazole rings is 1. The van der Waals surface area contributed by atoms with E-state index in [-0.39, 0.29) is 31.1 Å². The fourth-order valence-electron chi connectivity index (χ4n) is 3.36. The molecule has 0 radical (unpaired) electrons. The SMILES string of the molecule is Cn1c(CNC(=O)CCn2c(C(F)F)cc3cccnc32)nc2ccccc21. The third-order valence-corrected chi connectivity index (χ3v) is 4.80. The van der Waals surface area contributed by atoms with E-state index in [2.05, 4.69) is 15.3 Å². The quantitative estimate of drug-likeness (QED) is 0.554. The van der Waals surface area contributed by atoms with Gasteiger partial charge in [-0.25, -0.2) is 18.7 Å². The van der Waals surface area contributed by atoms with Crippen molar-refractivity contribution in [1.29, 1.82) is 0 Å². The van der Waals surface area contributed by atoms with E-state index in [4.69, 9.17) is 0 Å². The van der Waals surface area contributed by atoms with Gasteiger partial charge in [-0.2, -0.15) is 0 Å². The maximum atomic E-state index is 13.3. The Morgan fingerprint density at radius 3 is 2.82 bits per heavy atom. The van der Waals surface area contributed by atoms with Crippen LogP contribution >= 0.6 is 0 Å². The molecule has 4 aromatic rings. The van der Waals surface area contributed by atoms with Crippen LogP contribution in [-0.2, 0) is 24.9 Å². The number of aromatic nitrogens is 4. The Balaban J connectivity index is 1.44. The molecule has 0 aliphatic rings. The minimum Gasteiger partial charge on any atom is -0.349 e. The molecule has 0 fully saturated rings. The van der Waals surface area contributed by atoms with E-state index in [0.29, 0.717) is 11.0 Å². The summed E-state index contributed by atoms with van der Waals surface area (Å²) in [5.74, 6) is 0.501. The monoisotopic (exact) mass is 383 g/mol. The first-order chi connectivity index (χ1) is 13.5. The Labute approximate surface area is 159 Å². The fourth-order valence-corrected chi connectivity index (χ4v) is 3.36. The van der Waals surface area contributed by atoms with E-state index in [0.717, 1.165) is 16.9 Å². The van der Waals surface area contributed by atoms with Gasteiger partial charge in [0.05, 0.1) is 23.3 Å². The maximum Gasteiger partial charge on any atom is 0.278 e. The summed E-state index contributed by atoms with van der Waals surface area (Å²) in [6.07, 6.45) is -0.999. The molecular weight excluding hydrogens is 364 g/mol. The fraction of sp³-hybridized carbons (Fsp3) is 0.250. The molecule has 0 saturated heterocycles. The lowest BCUT2D eigenvalue weighted by Crippen LogP contribution is -2.25. The molecule has 0 spiro atoms. The van der Waals surface area contributed by atoms with Gasteiger partial charge in [0.15, 0.2) is 0 Å². The molecule has 0 atom stereocenters. The first kappa shape index (κ1) is 18.1. The number of rotatable bonds is 6. The third kappa shape index (κ3) is 3.33. The highest BCUT2D eigenvalue weighted by Crippen LogP contribution is 2.26. The third-order valence-electron chi connectivity index (χ3n) is 4.80. The lowest BCUT2D eigenvalue weighted by molar-refractivity contribution is -0.121. The van der Waals surface area contributed by atoms with Crippen LogP contribution in [0, 0.1) is 0 Å². The van der Waals surface area contributed by atoms with Crippen LogP contribution in [-0.4, -0.2) is 25.0 Å². The minimum absolute atomic E-state index is 0.0734. The summed E-state index contributed by atoms with van der Waals surface area (Å²) < 4.78 is 30.0. The van der Waals surface area contributed by atoms with Crippen molar-refractivity contribution in [2.24, 2.45) is 7.05 Å². The Morgan fingerprint density at radius 1 is 1.21 bits per heavy atom. The molecule has 144 valence electrons. The smallest absolute Gasteiger partial charge is 0.278 e. The number of para-hydroxylation sites is 2. The summed E-state index contributed by atoms with van der Waals surface area (Å²) in [5.41, 5.74) is 2.18. The van der Waals surface area contributed by atoms with E-state index >= 15 is 0 Å². The number of halogens is 2. The van der Waals surface area contributed by atoms with Crippen molar-refractivity contribution in [3.8, 4) is 0 Å². The van der Waals surface area contributed by atoms with Gasteiger partial charge >= 0.3 is 0 Å². The number of nitrogens with one attached hydrogen (secondary N) is 1. The van der Waals surface area contributed by atoms with Crippen LogP contribution in [0.1, 0.15) is 24.4 Å². The van der Waals surface area contributed by atoms with Crippen molar-refractivity contribution in [3.05, 3.63) is 60.2 Å². The van der Waals surface area contributed by atoms with Gasteiger partial charge in [0.25, 0.3) is 6.43 Å². The van der Waals surface area contributed by atoms with Crippen LogP contribution in [0.2, 0.25) is 0 Å². The Morgan fingerprint density at radius 2 is 2.04 bits per heavy atom. The average molecular weight is 383 g/mol. The van der Waals surface area contributed by atoms with Crippen molar-refractivity contribution in [1.82, 2.24) is 24.4 Å². The van der Waals surface area contributed by atoms with Crippen molar-refractivity contribution in [3.63, 3.8) is 0 Å². The number of pyridine rings is 1. The number of fused-ring (bicyclic) bond motifs is 2. The average Bonchev–Trinajstić information content (AvgIpc) is 3.23. The van der Waals surface area contributed by atoms with Crippen molar-refractivity contribution in [2.75, 3.05) is 0 Å². The number of carbonyl (C=O) groups excluding carboxylic acids is 1. The number of nitrogens with zero attached hydrogens (tertiary/aromatic N) is 4. The summed E-state index contributed by atoms with van der Waals surface area (Å²) in [6.45, 7) is 0.408. The van der Waals surface area contributed by atoms with Gasteiger partial charge in [-0.05, 0) is 30.3 Å². The van der Waals surface area contributed by atoms with Crippen LogP contribution in [0.15, 0.2) is 48.7 Å². The highest BCUT2D eigenvalue weighted by Gasteiger charge is 2.18. The predicted octanol–water partition coefficient (Wildman–Crippen LogP) is 3.57. The molecule has 6 nitrogen and oxygen atoms in total. The van der Waals surface area contributed by atoms with E-state index in [1.807, 2.05) is 35.9 Å². The number of amides is 1.